The van der Waals surface area contributed by atoms with Crippen molar-refractivity contribution < 1.29 is 19.3 Å². The molecule has 1 aliphatic carbocycles. The van der Waals surface area contributed by atoms with Crippen molar-refractivity contribution in [1.29, 1.82) is 0 Å². The van der Waals surface area contributed by atoms with Crippen molar-refractivity contribution in [2.75, 3.05) is 6.54 Å². The van der Waals surface area contributed by atoms with Crippen LogP contribution >= 0.6 is 0 Å². The van der Waals surface area contributed by atoms with Gasteiger partial charge in [-0.25, -0.2) is 14.5 Å². The Kier molecular flexibility index (Phi) is 8.88. The highest BCUT2D eigenvalue weighted by Gasteiger charge is 2.20. The predicted octanol–water partition coefficient (Wildman–Crippen LogP) is 3.15. The van der Waals surface area contributed by atoms with Crippen LogP contribution < -0.4 is 16.0 Å². The average molecular weight is 389 g/mol. The van der Waals surface area contributed by atoms with E-state index in [0.29, 0.717) is 13.1 Å². The molecule has 6 heteroatoms. The fourth-order valence-corrected chi connectivity index (χ4v) is 3.17. The standard InChI is InChI=1S/C22H30FN3O2/c1-16(14-24-21(27)19-6-4-3-5-7-19)8-9-17(2)26-22(28)25-15-18-10-12-20(23)13-11-18/h8-13,19H,3-7,14-15H2,1-2H3,(H,24,27)(H2,25,26,28)/p+1/b16-8+,17-9+. The number of carbonyl (C=O) groups is 2. The lowest BCUT2D eigenvalue weighted by atomic mass is 9.88. The lowest BCUT2D eigenvalue weighted by Gasteiger charge is -2.20. The second-order valence-corrected chi connectivity index (χ2v) is 7.47. The Labute approximate surface area is 166 Å². The number of hydrogen-bond acceptors (Lipinski definition) is 2. The highest BCUT2D eigenvalue weighted by molar-refractivity contribution is 5.78. The van der Waals surface area contributed by atoms with Crippen LogP contribution in [0, 0.1) is 11.7 Å². The first kappa shape index (κ1) is 21.8. The normalized spacial score (nSPS) is 16.0. The van der Waals surface area contributed by atoms with E-state index in [-0.39, 0.29) is 23.7 Å². The number of hydrogen-bond donors (Lipinski definition) is 3. The molecule has 0 aliphatic heterocycles. The summed E-state index contributed by atoms with van der Waals surface area (Å²) in [7, 11) is 0. The molecule has 0 atom stereocenters. The molecule has 3 amide bonds. The quantitative estimate of drug-likeness (QED) is 0.628. The van der Waals surface area contributed by atoms with Crippen LogP contribution in [-0.2, 0) is 11.3 Å². The van der Waals surface area contributed by atoms with Gasteiger partial charge >= 0.3 is 6.03 Å². The first-order chi connectivity index (χ1) is 13.4. The predicted molar refractivity (Wildman–Crippen MR) is 108 cm³/mol. The van der Waals surface area contributed by atoms with Gasteiger partial charge in [-0.3, -0.25) is 4.79 Å². The number of amides is 3. The highest BCUT2D eigenvalue weighted by atomic mass is 19.1. The molecule has 0 radical (unpaired) electrons. The van der Waals surface area contributed by atoms with Gasteiger partial charge < -0.3 is 10.6 Å². The first-order valence-electron chi connectivity index (χ1n) is 9.93. The minimum absolute atomic E-state index is 0.153. The molecule has 1 aliphatic rings. The van der Waals surface area contributed by atoms with E-state index in [1.165, 1.54) is 23.9 Å². The van der Waals surface area contributed by atoms with Gasteiger partial charge in [0.05, 0.1) is 0 Å². The Morgan fingerprint density at radius 1 is 1.07 bits per heavy atom. The van der Waals surface area contributed by atoms with Crippen LogP contribution in [0.3, 0.4) is 0 Å². The van der Waals surface area contributed by atoms with Crippen molar-refractivity contribution in [3.8, 4) is 0 Å². The number of nitrogens with two attached hydrogens (primary N) is 1. The molecular formula is C22H31FN3O2+. The van der Waals surface area contributed by atoms with Crippen LogP contribution in [0.5, 0.6) is 0 Å². The van der Waals surface area contributed by atoms with Gasteiger partial charge in [0, 0.05) is 25.9 Å². The summed E-state index contributed by atoms with van der Waals surface area (Å²) < 4.78 is 12.9. The maximum absolute atomic E-state index is 12.9. The molecule has 2 rings (SSSR count). The van der Waals surface area contributed by atoms with E-state index < -0.39 is 0 Å². The Morgan fingerprint density at radius 2 is 1.75 bits per heavy atom. The second-order valence-electron chi connectivity index (χ2n) is 7.47. The third-order valence-corrected chi connectivity index (χ3v) is 4.89. The number of allylic oxidation sites excluding steroid dienone is 3. The summed E-state index contributed by atoms with van der Waals surface area (Å²) in [6, 6.07) is 5.83. The lowest BCUT2D eigenvalue weighted by molar-refractivity contribution is -0.502. The van der Waals surface area contributed by atoms with Crippen LogP contribution in [0.1, 0.15) is 51.5 Å². The summed E-state index contributed by atoms with van der Waals surface area (Å²) in [6.07, 6.45) is 9.30. The van der Waals surface area contributed by atoms with E-state index in [1.54, 1.807) is 12.1 Å². The van der Waals surface area contributed by atoms with E-state index in [4.69, 9.17) is 0 Å². The van der Waals surface area contributed by atoms with E-state index in [2.05, 4.69) is 10.6 Å². The van der Waals surface area contributed by atoms with Crippen molar-refractivity contribution >= 4 is 11.9 Å². The Hall–Kier alpha value is -2.47. The zero-order valence-corrected chi connectivity index (χ0v) is 16.8. The molecule has 1 fully saturated rings. The van der Waals surface area contributed by atoms with E-state index in [1.807, 2.05) is 26.0 Å². The Balaban J connectivity index is 1.71. The van der Waals surface area contributed by atoms with Gasteiger partial charge in [0.1, 0.15) is 11.5 Å². The number of nitrogens with one attached hydrogen (secondary N) is 2. The van der Waals surface area contributed by atoms with Crippen molar-refractivity contribution in [3.63, 3.8) is 0 Å². The summed E-state index contributed by atoms with van der Waals surface area (Å²) in [4.78, 5) is 24.1. The Bertz CT molecular complexity index is 720. The number of urea groups is 1. The number of primary amides is 1. The lowest BCUT2D eigenvalue weighted by Crippen LogP contribution is -2.88. The summed E-state index contributed by atoms with van der Waals surface area (Å²) in [5.41, 5.74) is 2.69. The molecule has 1 aromatic rings. The number of rotatable bonds is 7. The van der Waals surface area contributed by atoms with Gasteiger partial charge in [0.15, 0.2) is 0 Å². The first-order valence-corrected chi connectivity index (χ1v) is 9.93. The monoisotopic (exact) mass is 388 g/mol. The summed E-state index contributed by atoms with van der Waals surface area (Å²) in [6.45, 7) is 4.68. The average Bonchev–Trinajstić information content (AvgIpc) is 2.70. The summed E-state index contributed by atoms with van der Waals surface area (Å²) >= 11 is 0. The second kappa shape index (κ2) is 11.4. The molecule has 0 unspecified atom stereocenters. The van der Waals surface area contributed by atoms with Crippen LogP contribution in [0.4, 0.5) is 9.18 Å². The smallest absolute Gasteiger partial charge is 0.352 e. The zero-order chi connectivity index (χ0) is 20.4. The van der Waals surface area contributed by atoms with Crippen molar-refractivity contribution in [3.05, 3.63) is 59.1 Å². The van der Waals surface area contributed by atoms with Crippen LogP contribution in [0.2, 0.25) is 0 Å². The topological polar surface area (TPSA) is 74.8 Å². The molecule has 0 bridgehead atoms. The van der Waals surface area contributed by atoms with Crippen LogP contribution in [-0.4, -0.2) is 18.5 Å². The molecular weight excluding hydrogens is 357 g/mol. The van der Waals surface area contributed by atoms with Gasteiger partial charge in [-0.15, -0.1) is 0 Å². The molecule has 0 saturated heterocycles. The molecule has 5 nitrogen and oxygen atoms in total. The van der Waals surface area contributed by atoms with E-state index in [9.17, 15) is 14.0 Å². The van der Waals surface area contributed by atoms with Crippen molar-refractivity contribution in [1.82, 2.24) is 10.6 Å². The van der Waals surface area contributed by atoms with Crippen molar-refractivity contribution in [2.24, 2.45) is 5.92 Å². The highest BCUT2D eigenvalue weighted by Crippen LogP contribution is 2.23. The molecule has 0 heterocycles. The minimum atomic E-state index is -0.294. The zero-order valence-electron chi connectivity index (χ0n) is 16.8. The van der Waals surface area contributed by atoms with Gasteiger partial charge in [0.25, 0.3) is 0 Å². The van der Waals surface area contributed by atoms with Crippen LogP contribution in [0.25, 0.3) is 0 Å². The largest absolute Gasteiger partial charge is 0.418 e. The maximum Gasteiger partial charge on any atom is 0.418 e. The summed E-state index contributed by atoms with van der Waals surface area (Å²) in [5, 5.41) is 7.31. The number of benzene rings is 1. The van der Waals surface area contributed by atoms with E-state index in [0.717, 1.165) is 42.5 Å². The fraction of sp³-hybridized carbons (Fsp3) is 0.455. The van der Waals surface area contributed by atoms with Gasteiger partial charge in [-0.2, -0.15) is 0 Å². The van der Waals surface area contributed by atoms with Crippen molar-refractivity contribution in [2.45, 2.75) is 52.5 Å². The van der Waals surface area contributed by atoms with Gasteiger partial charge in [-0.05, 0) is 43.5 Å². The molecule has 0 aromatic heterocycles. The number of quaternary nitrogens is 1. The summed E-state index contributed by atoms with van der Waals surface area (Å²) in [5.74, 6) is 0.0226. The molecule has 1 aromatic carbocycles. The van der Waals surface area contributed by atoms with Gasteiger partial charge in [-0.1, -0.05) is 43.0 Å². The van der Waals surface area contributed by atoms with E-state index >= 15 is 0 Å². The SMILES string of the molecule is C/C(=C\C=C(/C)[NH2+]C(=O)NCc1ccc(F)cc1)CNC(=O)C1CCCCC1. The minimum Gasteiger partial charge on any atom is -0.352 e. The third-order valence-electron chi connectivity index (χ3n) is 4.89. The molecule has 0 spiro atoms. The third kappa shape index (κ3) is 8.05. The fourth-order valence-electron chi connectivity index (χ4n) is 3.17. The maximum atomic E-state index is 12.9. The molecule has 1 saturated carbocycles. The Morgan fingerprint density at radius 3 is 2.43 bits per heavy atom. The molecule has 4 N–H and O–H groups in total. The number of halogens is 1. The number of carbonyl (C=O) groups excluding carboxylic acids is 2. The molecule has 28 heavy (non-hydrogen) atoms. The molecule has 152 valence electrons. The van der Waals surface area contributed by atoms with Crippen LogP contribution in [0.15, 0.2) is 47.7 Å². The van der Waals surface area contributed by atoms with Gasteiger partial charge in [0.2, 0.25) is 5.91 Å².